The highest BCUT2D eigenvalue weighted by Crippen LogP contribution is 2.25. The van der Waals surface area contributed by atoms with E-state index < -0.39 is 5.82 Å². The molecule has 84 valence electrons. The van der Waals surface area contributed by atoms with Crippen molar-refractivity contribution in [3.05, 3.63) is 29.6 Å². The minimum absolute atomic E-state index is 0.108. The third-order valence-electron chi connectivity index (χ3n) is 2.94. The van der Waals surface area contributed by atoms with Gasteiger partial charge in [0.05, 0.1) is 18.3 Å². The van der Waals surface area contributed by atoms with Gasteiger partial charge >= 0.3 is 0 Å². The Morgan fingerprint density at radius 3 is 3.00 bits per heavy atom. The molecule has 1 heterocycles. The first-order valence-corrected chi connectivity index (χ1v) is 5.23. The van der Waals surface area contributed by atoms with E-state index in [4.69, 9.17) is 10.00 Å². The second-order valence-electron chi connectivity index (χ2n) is 3.87. The average molecular weight is 220 g/mol. The molecule has 2 rings (SSSR count). The van der Waals surface area contributed by atoms with E-state index in [-0.39, 0.29) is 11.6 Å². The molecule has 16 heavy (non-hydrogen) atoms. The first-order chi connectivity index (χ1) is 7.74. The van der Waals surface area contributed by atoms with E-state index in [9.17, 15) is 4.39 Å². The van der Waals surface area contributed by atoms with Crippen LogP contribution in [0.3, 0.4) is 0 Å². The summed E-state index contributed by atoms with van der Waals surface area (Å²) in [7, 11) is 1.87. The zero-order chi connectivity index (χ0) is 11.5. The number of nitrogens with zero attached hydrogens (tertiary/aromatic N) is 2. The molecule has 0 spiro atoms. The minimum Gasteiger partial charge on any atom is -0.379 e. The number of nitriles is 1. The summed E-state index contributed by atoms with van der Waals surface area (Å²) >= 11 is 0. The van der Waals surface area contributed by atoms with E-state index in [1.54, 1.807) is 12.1 Å². The zero-order valence-electron chi connectivity index (χ0n) is 9.11. The van der Waals surface area contributed by atoms with Crippen LogP contribution >= 0.6 is 0 Å². The molecule has 0 bridgehead atoms. The van der Waals surface area contributed by atoms with Crippen LogP contribution < -0.4 is 4.90 Å². The molecule has 0 aromatic heterocycles. The molecule has 1 aromatic carbocycles. The molecule has 1 saturated heterocycles. The molecule has 0 saturated carbocycles. The molecular formula is C12H13FN2O. The number of hydrogen-bond donors (Lipinski definition) is 0. The highest BCUT2D eigenvalue weighted by atomic mass is 19.1. The fraction of sp³-hybridized carbons (Fsp3) is 0.417. The Morgan fingerprint density at radius 1 is 1.56 bits per heavy atom. The van der Waals surface area contributed by atoms with Gasteiger partial charge in [0.2, 0.25) is 0 Å². The van der Waals surface area contributed by atoms with Crippen molar-refractivity contribution in [1.82, 2.24) is 0 Å². The van der Waals surface area contributed by atoms with E-state index in [0.717, 1.165) is 13.0 Å². The lowest BCUT2D eigenvalue weighted by Gasteiger charge is -2.26. The molecule has 3 nitrogen and oxygen atoms in total. The molecule has 1 atom stereocenters. The monoisotopic (exact) mass is 220 g/mol. The second kappa shape index (κ2) is 4.50. The Hall–Kier alpha value is -1.60. The van der Waals surface area contributed by atoms with Crippen molar-refractivity contribution in [3.8, 4) is 6.07 Å². The molecule has 4 heteroatoms. The summed E-state index contributed by atoms with van der Waals surface area (Å²) in [6, 6.07) is 6.83. The largest absolute Gasteiger partial charge is 0.379 e. The summed E-state index contributed by atoms with van der Waals surface area (Å²) in [6.07, 6.45) is 0.915. The first-order valence-electron chi connectivity index (χ1n) is 5.23. The van der Waals surface area contributed by atoms with Crippen LogP contribution in [0.4, 0.5) is 10.1 Å². The number of rotatable bonds is 2. The van der Waals surface area contributed by atoms with Gasteiger partial charge in [-0.25, -0.2) is 4.39 Å². The second-order valence-corrected chi connectivity index (χ2v) is 3.87. The van der Waals surface area contributed by atoms with Crippen LogP contribution in [0.15, 0.2) is 18.2 Å². The van der Waals surface area contributed by atoms with Crippen LogP contribution in [0.5, 0.6) is 0 Å². The van der Waals surface area contributed by atoms with E-state index in [2.05, 4.69) is 0 Å². The Labute approximate surface area is 94.0 Å². The smallest absolute Gasteiger partial charge is 0.143 e. The van der Waals surface area contributed by atoms with Gasteiger partial charge in [0.25, 0.3) is 0 Å². The summed E-state index contributed by atoms with van der Waals surface area (Å²) in [4.78, 5) is 1.93. The van der Waals surface area contributed by atoms with Crippen LogP contribution in [-0.2, 0) is 4.74 Å². The van der Waals surface area contributed by atoms with Crippen LogP contribution in [0.2, 0.25) is 0 Å². The third-order valence-corrected chi connectivity index (χ3v) is 2.94. The van der Waals surface area contributed by atoms with Gasteiger partial charge in [-0.05, 0) is 18.6 Å². The van der Waals surface area contributed by atoms with E-state index in [1.165, 1.54) is 6.07 Å². The Balaban J connectivity index is 2.32. The van der Waals surface area contributed by atoms with Crippen molar-refractivity contribution in [3.63, 3.8) is 0 Å². The number of likely N-dealkylation sites (N-methyl/N-ethyl adjacent to an activating group) is 1. The lowest BCUT2D eigenvalue weighted by atomic mass is 10.1. The lowest BCUT2D eigenvalue weighted by molar-refractivity contribution is 0.193. The molecule has 1 unspecified atom stereocenters. The van der Waals surface area contributed by atoms with E-state index in [1.807, 2.05) is 18.0 Å². The summed E-state index contributed by atoms with van der Waals surface area (Å²) in [5.74, 6) is -0.467. The molecule has 0 aliphatic carbocycles. The number of anilines is 1. The predicted molar refractivity (Wildman–Crippen MR) is 58.7 cm³/mol. The Bertz CT molecular complexity index is 422. The van der Waals surface area contributed by atoms with Gasteiger partial charge in [-0.1, -0.05) is 6.07 Å². The molecule has 0 radical (unpaired) electrons. The number of hydrogen-bond acceptors (Lipinski definition) is 3. The maximum atomic E-state index is 13.4. The number of ether oxygens (including phenoxy) is 1. The third kappa shape index (κ3) is 1.86. The molecule has 1 fully saturated rings. The zero-order valence-corrected chi connectivity index (χ0v) is 9.11. The van der Waals surface area contributed by atoms with Crippen LogP contribution in [0.25, 0.3) is 0 Å². The quantitative estimate of drug-likeness (QED) is 0.764. The van der Waals surface area contributed by atoms with Gasteiger partial charge in [0, 0.05) is 13.7 Å². The normalized spacial score (nSPS) is 19.4. The van der Waals surface area contributed by atoms with Crippen molar-refractivity contribution in [2.75, 3.05) is 25.2 Å². The molecular weight excluding hydrogens is 207 g/mol. The lowest BCUT2D eigenvalue weighted by Crippen LogP contribution is -2.32. The number of benzene rings is 1. The molecule has 0 N–H and O–H groups in total. The summed E-state index contributed by atoms with van der Waals surface area (Å²) < 4.78 is 18.7. The van der Waals surface area contributed by atoms with Gasteiger partial charge < -0.3 is 9.64 Å². The summed E-state index contributed by atoms with van der Waals surface area (Å²) in [5.41, 5.74) is 0.745. The molecule has 1 aromatic rings. The first kappa shape index (κ1) is 10.9. The fourth-order valence-corrected chi connectivity index (χ4v) is 1.94. The van der Waals surface area contributed by atoms with Crippen molar-refractivity contribution < 1.29 is 9.13 Å². The van der Waals surface area contributed by atoms with Crippen molar-refractivity contribution in [1.29, 1.82) is 5.26 Å². The highest BCUT2D eigenvalue weighted by Gasteiger charge is 2.23. The SMILES string of the molecule is CN(c1cccc(F)c1C#N)C1CCOC1. The van der Waals surface area contributed by atoms with Crippen LogP contribution in [0, 0.1) is 17.1 Å². The van der Waals surface area contributed by atoms with Crippen molar-refractivity contribution in [2.45, 2.75) is 12.5 Å². The van der Waals surface area contributed by atoms with Crippen molar-refractivity contribution in [2.24, 2.45) is 0 Å². The topological polar surface area (TPSA) is 36.3 Å². The maximum absolute atomic E-state index is 13.4. The van der Waals surface area contributed by atoms with Crippen LogP contribution in [-0.4, -0.2) is 26.3 Å². The van der Waals surface area contributed by atoms with E-state index >= 15 is 0 Å². The number of halogens is 1. The standard InChI is InChI=1S/C12H13FN2O/c1-15(9-5-6-16-8-9)12-4-2-3-11(13)10(12)7-14/h2-4,9H,5-6,8H2,1H3. The minimum atomic E-state index is -0.467. The summed E-state index contributed by atoms with van der Waals surface area (Å²) in [5, 5.41) is 8.94. The van der Waals surface area contributed by atoms with Gasteiger partial charge in [-0.3, -0.25) is 0 Å². The molecule has 1 aliphatic heterocycles. The Kier molecular flexibility index (Phi) is 3.07. The van der Waals surface area contributed by atoms with Gasteiger partial charge in [0.15, 0.2) is 0 Å². The predicted octanol–water partition coefficient (Wildman–Crippen LogP) is 1.92. The van der Waals surface area contributed by atoms with Gasteiger partial charge in [-0.15, -0.1) is 0 Å². The van der Waals surface area contributed by atoms with E-state index in [0.29, 0.717) is 12.3 Å². The van der Waals surface area contributed by atoms with Gasteiger partial charge in [-0.2, -0.15) is 5.26 Å². The van der Waals surface area contributed by atoms with Crippen LogP contribution in [0.1, 0.15) is 12.0 Å². The summed E-state index contributed by atoms with van der Waals surface area (Å²) in [6.45, 7) is 1.37. The highest BCUT2D eigenvalue weighted by molar-refractivity contribution is 5.60. The average Bonchev–Trinajstić information content (AvgIpc) is 2.81. The van der Waals surface area contributed by atoms with Gasteiger partial charge in [0.1, 0.15) is 17.4 Å². The fourth-order valence-electron chi connectivity index (χ4n) is 1.94. The molecule has 0 amide bonds. The van der Waals surface area contributed by atoms with Crippen molar-refractivity contribution >= 4 is 5.69 Å². The molecule has 1 aliphatic rings. The maximum Gasteiger partial charge on any atom is 0.143 e. The Morgan fingerprint density at radius 2 is 2.38 bits per heavy atom.